The van der Waals surface area contributed by atoms with E-state index in [1.807, 2.05) is 0 Å². The maximum atomic E-state index is 12.4. The highest BCUT2D eigenvalue weighted by molar-refractivity contribution is 5.78. The lowest BCUT2D eigenvalue weighted by Gasteiger charge is -2.25. The van der Waals surface area contributed by atoms with Crippen molar-refractivity contribution in [2.45, 2.75) is 57.5 Å². The molecule has 0 atom stereocenters. The van der Waals surface area contributed by atoms with E-state index in [4.69, 9.17) is 14.7 Å². The molecule has 1 aliphatic carbocycles. The van der Waals surface area contributed by atoms with Crippen LogP contribution in [0.15, 0.2) is 30.3 Å². The normalized spacial score (nSPS) is 18.8. The van der Waals surface area contributed by atoms with Gasteiger partial charge in [-0.3, -0.25) is 9.69 Å². The molecule has 1 aromatic heterocycles. The van der Waals surface area contributed by atoms with Gasteiger partial charge in [0.15, 0.2) is 5.82 Å². The molecule has 0 spiro atoms. The van der Waals surface area contributed by atoms with Crippen molar-refractivity contribution >= 4 is 23.0 Å². The fraction of sp³-hybridized carbons (Fsp3) is 0.536. The molecule has 0 bridgehead atoms. The predicted octanol–water partition coefficient (Wildman–Crippen LogP) is 4.50. The highest BCUT2D eigenvalue weighted by atomic mass is 16.5. The molecule has 0 radical (unpaired) electrons. The Balaban J connectivity index is 1.44. The second-order valence-electron chi connectivity index (χ2n) is 10.3. The zero-order valence-corrected chi connectivity index (χ0v) is 21.3. The minimum atomic E-state index is 0.103. The van der Waals surface area contributed by atoms with E-state index in [-0.39, 0.29) is 5.91 Å². The van der Waals surface area contributed by atoms with Crippen molar-refractivity contribution in [3.8, 4) is 0 Å². The molecule has 1 saturated carbocycles. The molecule has 35 heavy (non-hydrogen) atoms. The number of ether oxygens (including phenoxy) is 1. The topological polar surface area (TPSA) is 61.8 Å². The molecule has 0 saturated heterocycles. The quantitative estimate of drug-likeness (QED) is 0.613. The van der Waals surface area contributed by atoms with E-state index in [1.165, 1.54) is 37.7 Å². The maximum absolute atomic E-state index is 12.4. The summed E-state index contributed by atoms with van der Waals surface area (Å²) in [4.78, 5) is 28.4. The monoisotopic (exact) mass is 475 g/mol. The van der Waals surface area contributed by atoms with Crippen LogP contribution in [0.3, 0.4) is 0 Å². The van der Waals surface area contributed by atoms with E-state index in [2.05, 4.69) is 47.2 Å². The van der Waals surface area contributed by atoms with Crippen molar-refractivity contribution in [1.82, 2.24) is 19.8 Å². The van der Waals surface area contributed by atoms with Crippen LogP contribution in [-0.4, -0.2) is 66.6 Å². The third-order valence-electron chi connectivity index (χ3n) is 7.61. The van der Waals surface area contributed by atoms with Crippen LogP contribution >= 0.6 is 0 Å². The molecular weight excluding hydrogens is 438 g/mol. The van der Waals surface area contributed by atoms with E-state index < -0.39 is 0 Å². The minimum absolute atomic E-state index is 0.103. The number of fused-ring (bicyclic) bond motifs is 1. The van der Waals surface area contributed by atoms with Gasteiger partial charge in [-0.2, -0.15) is 0 Å². The number of rotatable bonds is 6. The van der Waals surface area contributed by atoms with Gasteiger partial charge in [0.05, 0.1) is 25.5 Å². The van der Waals surface area contributed by atoms with Crippen LogP contribution in [0, 0.1) is 0 Å². The van der Waals surface area contributed by atoms with Crippen molar-refractivity contribution in [2.75, 3.05) is 45.8 Å². The number of amides is 1. The Bertz CT molecular complexity index is 1090. The first-order valence-corrected chi connectivity index (χ1v) is 12.9. The number of aromatic nitrogens is 2. The van der Waals surface area contributed by atoms with Gasteiger partial charge in [0.2, 0.25) is 5.91 Å². The van der Waals surface area contributed by atoms with Gasteiger partial charge in [-0.1, -0.05) is 37.5 Å². The molecule has 1 amide bonds. The average Bonchev–Trinajstić information content (AvgIpc) is 3.31. The second-order valence-corrected chi connectivity index (χ2v) is 10.3. The number of hydrogen-bond acceptors (Lipinski definition) is 6. The Hall–Kier alpha value is -2.77. The Morgan fingerprint density at radius 1 is 1.06 bits per heavy atom. The Kier molecular flexibility index (Phi) is 7.16. The van der Waals surface area contributed by atoms with Crippen LogP contribution in [0.2, 0.25) is 0 Å². The third kappa shape index (κ3) is 5.26. The van der Waals surface area contributed by atoms with Gasteiger partial charge in [0.1, 0.15) is 5.82 Å². The standard InChI is InChI=1S/C28H37N5O2/c1-31(2)26(34)19-33-17-24-25(18-33)29-27(22-13-15-35-16-14-22)30-28(24)32(3)23-11-9-21(10-12-23)20-7-5-4-6-8-20/h9-13,20H,4-8,14-19H2,1-3H3. The fourth-order valence-corrected chi connectivity index (χ4v) is 5.43. The Morgan fingerprint density at radius 2 is 1.83 bits per heavy atom. The van der Waals surface area contributed by atoms with Crippen molar-refractivity contribution in [1.29, 1.82) is 0 Å². The van der Waals surface area contributed by atoms with Crippen LogP contribution < -0.4 is 4.90 Å². The van der Waals surface area contributed by atoms with Crippen LogP contribution in [0.25, 0.3) is 5.57 Å². The van der Waals surface area contributed by atoms with E-state index >= 15 is 0 Å². The molecule has 2 aromatic rings. The van der Waals surface area contributed by atoms with E-state index in [0.717, 1.165) is 40.6 Å². The molecule has 1 fully saturated rings. The highest BCUT2D eigenvalue weighted by Gasteiger charge is 2.29. The smallest absolute Gasteiger partial charge is 0.236 e. The number of anilines is 2. The largest absolute Gasteiger partial charge is 0.377 e. The Morgan fingerprint density at radius 3 is 2.51 bits per heavy atom. The first kappa shape index (κ1) is 23.9. The molecule has 0 N–H and O–H groups in total. The van der Waals surface area contributed by atoms with Gasteiger partial charge in [-0.25, -0.2) is 9.97 Å². The predicted molar refractivity (Wildman–Crippen MR) is 139 cm³/mol. The van der Waals surface area contributed by atoms with Crippen LogP contribution in [0.5, 0.6) is 0 Å². The summed E-state index contributed by atoms with van der Waals surface area (Å²) < 4.78 is 5.51. The van der Waals surface area contributed by atoms with Crippen molar-refractivity contribution < 1.29 is 9.53 Å². The summed E-state index contributed by atoms with van der Waals surface area (Å²) in [5.41, 5.74) is 5.86. The maximum Gasteiger partial charge on any atom is 0.236 e. The molecule has 0 unspecified atom stereocenters. The first-order valence-electron chi connectivity index (χ1n) is 12.9. The van der Waals surface area contributed by atoms with Crippen LogP contribution in [0.1, 0.15) is 67.1 Å². The second kappa shape index (κ2) is 10.5. The molecule has 7 nitrogen and oxygen atoms in total. The van der Waals surface area contributed by atoms with Gasteiger partial charge in [-0.05, 0) is 48.4 Å². The Labute approximate surface area is 208 Å². The average molecular weight is 476 g/mol. The molecular formula is C28H37N5O2. The minimum Gasteiger partial charge on any atom is -0.377 e. The molecule has 3 heterocycles. The summed E-state index contributed by atoms with van der Waals surface area (Å²) in [7, 11) is 5.70. The van der Waals surface area contributed by atoms with Crippen molar-refractivity contribution in [2.24, 2.45) is 0 Å². The van der Waals surface area contributed by atoms with Gasteiger partial charge < -0.3 is 14.5 Å². The third-order valence-corrected chi connectivity index (χ3v) is 7.61. The summed E-state index contributed by atoms with van der Waals surface area (Å²) in [5, 5.41) is 0. The lowest BCUT2D eigenvalue weighted by molar-refractivity contribution is -0.130. The summed E-state index contributed by atoms with van der Waals surface area (Å²) in [6.45, 7) is 3.03. The van der Waals surface area contributed by atoms with E-state index in [9.17, 15) is 4.79 Å². The molecule has 7 heteroatoms. The summed E-state index contributed by atoms with van der Waals surface area (Å²) in [5.74, 6) is 2.52. The number of likely N-dealkylation sites (N-methyl/N-ethyl adjacent to an activating group) is 1. The molecule has 186 valence electrons. The van der Waals surface area contributed by atoms with Crippen LogP contribution in [-0.2, 0) is 22.6 Å². The zero-order chi connectivity index (χ0) is 24.4. The van der Waals surface area contributed by atoms with Crippen LogP contribution in [0.4, 0.5) is 11.5 Å². The van der Waals surface area contributed by atoms with Crippen molar-refractivity contribution in [3.63, 3.8) is 0 Å². The van der Waals surface area contributed by atoms with Gasteiger partial charge in [0, 0.05) is 45.5 Å². The zero-order valence-electron chi connectivity index (χ0n) is 21.3. The van der Waals surface area contributed by atoms with Crippen molar-refractivity contribution in [3.05, 3.63) is 53.0 Å². The number of benzene rings is 1. The summed E-state index contributed by atoms with van der Waals surface area (Å²) >= 11 is 0. The SMILES string of the molecule is CN(C)C(=O)CN1Cc2nc(C3=CCOCC3)nc(N(C)c3ccc(C4CCCCC4)cc3)c2C1. The van der Waals surface area contributed by atoms with Gasteiger partial charge >= 0.3 is 0 Å². The van der Waals surface area contributed by atoms with Gasteiger partial charge in [0.25, 0.3) is 0 Å². The molecule has 1 aromatic carbocycles. The number of carbonyl (C=O) groups excluding carboxylic acids is 1. The summed E-state index contributed by atoms with van der Waals surface area (Å²) in [6, 6.07) is 9.06. The molecule has 5 rings (SSSR count). The number of carbonyl (C=O) groups is 1. The number of nitrogens with zero attached hydrogens (tertiary/aromatic N) is 5. The first-order chi connectivity index (χ1) is 17.0. The molecule has 3 aliphatic rings. The summed E-state index contributed by atoms with van der Waals surface area (Å²) in [6.07, 6.45) is 9.58. The highest BCUT2D eigenvalue weighted by Crippen LogP contribution is 2.36. The van der Waals surface area contributed by atoms with Gasteiger partial charge in [-0.15, -0.1) is 0 Å². The van der Waals surface area contributed by atoms with E-state index in [1.54, 1.807) is 19.0 Å². The fourth-order valence-electron chi connectivity index (χ4n) is 5.43. The lowest BCUT2D eigenvalue weighted by Crippen LogP contribution is -2.33. The molecule has 2 aliphatic heterocycles. The number of hydrogen-bond donors (Lipinski definition) is 0. The van der Waals surface area contributed by atoms with E-state index in [0.29, 0.717) is 38.8 Å². The lowest BCUT2D eigenvalue weighted by atomic mass is 9.84.